The Kier molecular flexibility index (Phi) is 7.62. The van der Waals surface area contributed by atoms with E-state index in [4.69, 9.17) is 16.3 Å². The van der Waals surface area contributed by atoms with Gasteiger partial charge in [0.1, 0.15) is 0 Å². The fourth-order valence-electron chi connectivity index (χ4n) is 1.56. The van der Waals surface area contributed by atoms with Crippen LogP contribution < -0.4 is 4.74 Å². The van der Waals surface area contributed by atoms with Gasteiger partial charge in [0.05, 0.1) is 16.1 Å². The van der Waals surface area contributed by atoms with Gasteiger partial charge in [-0.15, -0.1) is 0 Å². The molecule has 1 heterocycles. The van der Waals surface area contributed by atoms with Crippen LogP contribution >= 0.6 is 27.5 Å². The van der Waals surface area contributed by atoms with Gasteiger partial charge in [-0.2, -0.15) is 0 Å². The van der Waals surface area contributed by atoms with Crippen LogP contribution in [-0.4, -0.2) is 11.6 Å². The number of ether oxygens (including phenoxy) is 1. The first-order valence-corrected chi connectivity index (χ1v) is 7.35. The molecule has 0 atom stereocenters. The molecule has 0 unspecified atom stereocenters. The standard InChI is InChI=1S/C13H19BrClNO/c1-2-3-4-5-6-7-8-17-13-12(14)9-11(15)10-16-13/h9-10H,2-8H2,1H3. The third kappa shape index (κ3) is 6.27. The molecule has 0 aliphatic rings. The Bertz CT molecular complexity index is 333. The van der Waals surface area contributed by atoms with Crippen LogP contribution in [0.3, 0.4) is 0 Å². The van der Waals surface area contributed by atoms with Gasteiger partial charge in [0.2, 0.25) is 5.88 Å². The zero-order valence-electron chi connectivity index (χ0n) is 10.2. The SMILES string of the molecule is CCCCCCCCOc1ncc(Cl)cc1Br. The minimum Gasteiger partial charge on any atom is -0.477 e. The Hall–Kier alpha value is -0.280. The van der Waals surface area contributed by atoms with Crippen LogP contribution in [0.5, 0.6) is 5.88 Å². The van der Waals surface area contributed by atoms with Gasteiger partial charge in [-0.1, -0.05) is 50.6 Å². The number of nitrogens with zero attached hydrogens (tertiary/aromatic N) is 1. The second-order valence-corrected chi connectivity index (χ2v) is 5.35. The molecular weight excluding hydrogens is 302 g/mol. The second-order valence-electron chi connectivity index (χ2n) is 4.06. The average Bonchev–Trinajstić information content (AvgIpc) is 2.30. The highest BCUT2D eigenvalue weighted by Crippen LogP contribution is 2.25. The predicted octanol–water partition coefficient (Wildman–Crippen LogP) is 5.24. The maximum Gasteiger partial charge on any atom is 0.228 e. The molecule has 0 aromatic carbocycles. The topological polar surface area (TPSA) is 22.1 Å². The summed E-state index contributed by atoms with van der Waals surface area (Å²) < 4.78 is 6.40. The number of halogens is 2. The molecular formula is C13H19BrClNO. The van der Waals surface area contributed by atoms with Gasteiger partial charge in [0, 0.05) is 6.20 Å². The molecule has 0 spiro atoms. The Morgan fingerprint density at radius 1 is 1.24 bits per heavy atom. The molecule has 1 rings (SSSR count). The van der Waals surface area contributed by atoms with Crippen molar-refractivity contribution < 1.29 is 4.74 Å². The van der Waals surface area contributed by atoms with Gasteiger partial charge in [-0.05, 0) is 28.4 Å². The van der Waals surface area contributed by atoms with Gasteiger partial charge < -0.3 is 4.74 Å². The summed E-state index contributed by atoms with van der Waals surface area (Å²) in [5, 5.41) is 0.615. The maximum absolute atomic E-state index is 5.80. The molecule has 0 saturated carbocycles. The molecule has 17 heavy (non-hydrogen) atoms. The highest BCUT2D eigenvalue weighted by Gasteiger charge is 2.03. The molecule has 1 aromatic heterocycles. The Labute approximate surface area is 117 Å². The average molecular weight is 321 g/mol. The molecule has 0 aliphatic carbocycles. The monoisotopic (exact) mass is 319 g/mol. The van der Waals surface area contributed by atoms with Crippen LogP contribution in [0, 0.1) is 0 Å². The number of pyridine rings is 1. The minimum atomic E-state index is 0.615. The largest absolute Gasteiger partial charge is 0.477 e. The fourth-order valence-corrected chi connectivity index (χ4v) is 2.31. The van der Waals surface area contributed by atoms with Crippen LogP contribution in [0.1, 0.15) is 45.4 Å². The Balaban J connectivity index is 2.14. The van der Waals surface area contributed by atoms with E-state index in [9.17, 15) is 0 Å². The van der Waals surface area contributed by atoms with Crippen molar-refractivity contribution in [2.45, 2.75) is 45.4 Å². The molecule has 0 bridgehead atoms. The van der Waals surface area contributed by atoms with Gasteiger partial charge in [-0.25, -0.2) is 4.98 Å². The number of hydrogen-bond donors (Lipinski definition) is 0. The lowest BCUT2D eigenvalue weighted by atomic mass is 10.1. The number of unbranched alkanes of at least 4 members (excludes halogenated alkanes) is 5. The van der Waals surface area contributed by atoms with E-state index in [-0.39, 0.29) is 0 Å². The summed E-state index contributed by atoms with van der Waals surface area (Å²) in [6, 6.07) is 1.80. The predicted molar refractivity (Wildman–Crippen MR) is 75.8 cm³/mol. The normalized spacial score (nSPS) is 10.5. The summed E-state index contributed by atoms with van der Waals surface area (Å²) in [5.74, 6) is 0.628. The van der Waals surface area contributed by atoms with Gasteiger partial charge in [0.25, 0.3) is 0 Å². The van der Waals surface area contributed by atoms with Crippen molar-refractivity contribution in [3.63, 3.8) is 0 Å². The molecule has 0 amide bonds. The highest BCUT2D eigenvalue weighted by atomic mass is 79.9. The van der Waals surface area contributed by atoms with E-state index in [0.717, 1.165) is 17.5 Å². The summed E-state index contributed by atoms with van der Waals surface area (Å²) >= 11 is 9.18. The lowest BCUT2D eigenvalue weighted by Crippen LogP contribution is -1.99. The van der Waals surface area contributed by atoms with E-state index in [0.29, 0.717) is 10.9 Å². The highest BCUT2D eigenvalue weighted by molar-refractivity contribution is 9.10. The molecule has 0 N–H and O–H groups in total. The molecule has 0 fully saturated rings. The van der Waals surface area contributed by atoms with E-state index in [1.165, 1.54) is 32.1 Å². The third-order valence-electron chi connectivity index (χ3n) is 2.51. The molecule has 2 nitrogen and oxygen atoms in total. The van der Waals surface area contributed by atoms with Gasteiger partial charge >= 0.3 is 0 Å². The summed E-state index contributed by atoms with van der Waals surface area (Å²) in [6.45, 7) is 2.95. The van der Waals surface area contributed by atoms with E-state index >= 15 is 0 Å². The zero-order chi connectivity index (χ0) is 12.5. The Morgan fingerprint density at radius 2 is 1.94 bits per heavy atom. The van der Waals surface area contributed by atoms with E-state index in [1.807, 2.05) is 0 Å². The van der Waals surface area contributed by atoms with Crippen molar-refractivity contribution in [1.29, 1.82) is 0 Å². The summed E-state index contributed by atoms with van der Waals surface area (Å²) in [6.07, 6.45) is 9.17. The minimum absolute atomic E-state index is 0.615. The number of rotatable bonds is 8. The molecule has 4 heteroatoms. The lowest BCUT2D eigenvalue weighted by molar-refractivity contribution is 0.291. The van der Waals surface area contributed by atoms with Crippen LogP contribution in [0.2, 0.25) is 5.02 Å². The maximum atomic E-state index is 5.80. The van der Waals surface area contributed by atoms with E-state index in [1.54, 1.807) is 12.3 Å². The van der Waals surface area contributed by atoms with Crippen LogP contribution in [0.15, 0.2) is 16.7 Å². The van der Waals surface area contributed by atoms with Crippen LogP contribution in [0.4, 0.5) is 0 Å². The second kappa shape index (κ2) is 8.76. The summed E-state index contributed by atoms with van der Waals surface area (Å²) in [5.41, 5.74) is 0. The van der Waals surface area contributed by atoms with Crippen LogP contribution in [-0.2, 0) is 0 Å². The molecule has 0 saturated heterocycles. The first kappa shape index (κ1) is 14.8. The lowest BCUT2D eigenvalue weighted by Gasteiger charge is -2.06. The molecule has 96 valence electrons. The first-order chi connectivity index (χ1) is 8.24. The van der Waals surface area contributed by atoms with Crippen molar-refractivity contribution >= 4 is 27.5 Å². The van der Waals surface area contributed by atoms with Crippen molar-refractivity contribution in [2.75, 3.05) is 6.61 Å². The van der Waals surface area contributed by atoms with Crippen molar-refractivity contribution in [3.8, 4) is 5.88 Å². The number of hydrogen-bond acceptors (Lipinski definition) is 2. The van der Waals surface area contributed by atoms with Crippen molar-refractivity contribution in [3.05, 3.63) is 21.8 Å². The Morgan fingerprint density at radius 3 is 2.65 bits per heavy atom. The van der Waals surface area contributed by atoms with Crippen molar-refractivity contribution in [1.82, 2.24) is 4.98 Å². The number of aromatic nitrogens is 1. The van der Waals surface area contributed by atoms with Crippen molar-refractivity contribution in [2.24, 2.45) is 0 Å². The van der Waals surface area contributed by atoms with E-state index < -0.39 is 0 Å². The van der Waals surface area contributed by atoms with Crippen LogP contribution in [0.25, 0.3) is 0 Å². The molecule has 0 aliphatic heterocycles. The smallest absolute Gasteiger partial charge is 0.228 e. The van der Waals surface area contributed by atoms with Gasteiger partial charge in [-0.3, -0.25) is 0 Å². The van der Waals surface area contributed by atoms with Gasteiger partial charge in [0.15, 0.2) is 0 Å². The quantitative estimate of drug-likeness (QED) is 0.611. The summed E-state index contributed by atoms with van der Waals surface area (Å²) in [4.78, 5) is 4.12. The zero-order valence-corrected chi connectivity index (χ0v) is 12.6. The van der Waals surface area contributed by atoms with E-state index in [2.05, 4.69) is 27.8 Å². The molecule has 0 radical (unpaired) electrons. The fraction of sp³-hybridized carbons (Fsp3) is 0.615. The summed E-state index contributed by atoms with van der Waals surface area (Å²) in [7, 11) is 0. The third-order valence-corrected chi connectivity index (χ3v) is 3.29. The molecule has 1 aromatic rings. The first-order valence-electron chi connectivity index (χ1n) is 6.18.